The summed E-state index contributed by atoms with van der Waals surface area (Å²) in [5.74, 6) is 1.16. The molecule has 2 N–H and O–H groups in total. The molecule has 0 saturated carbocycles. The first-order valence-corrected chi connectivity index (χ1v) is 5.40. The summed E-state index contributed by atoms with van der Waals surface area (Å²) in [7, 11) is 1.64. The van der Waals surface area contributed by atoms with Gasteiger partial charge in [0.1, 0.15) is 18.0 Å². The van der Waals surface area contributed by atoms with Crippen molar-refractivity contribution in [3.05, 3.63) is 23.8 Å². The third kappa shape index (κ3) is 3.13. The highest BCUT2D eigenvalue weighted by molar-refractivity contribution is 5.38. The topological polar surface area (TPSA) is 33.9 Å². The summed E-state index contributed by atoms with van der Waals surface area (Å²) >= 11 is 0. The number of nitrogens with one attached hydrogen (secondary N) is 1. The van der Waals surface area contributed by atoms with Gasteiger partial charge in [0.2, 0.25) is 0 Å². The number of hydrogen-bond donors (Lipinski definition) is 2. The number of quaternary nitrogens is 1. The molecule has 0 heterocycles. The van der Waals surface area contributed by atoms with E-state index >= 15 is 0 Å². The zero-order chi connectivity index (χ0) is 11.3. The zero-order valence-corrected chi connectivity index (χ0v) is 9.71. The first-order chi connectivity index (χ1) is 7.21. The zero-order valence-electron chi connectivity index (χ0n) is 9.71. The van der Waals surface area contributed by atoms with Crippen LogP contribution in [0.15, 0.2) is 18.2 Å². The molecule has 0 saturated heterocycles. The van der Waals surface area contributed by atoms with Gasteiger partial charge < -0.3 is 14.7 Å². The van der Waals surface area contributed by atoms with Crippen LogP contribution in [0.25, 0.3) is 0 Å². The molecular formula is C12H20NO2+. The van der Waals surface area contributed by atoms with Crippen molar-refractivity contribution < 1.29 is 14.7 Å². The highest BCUT2D eigenvalue weighted by atomic mass is 16.5. The molecule has 84 valence electrons. The first kappa shape index (κ1) is 11.9. The van der Waals surface area contributed by atoms with Crippen molar-refractivity contribution in [1.82, 2.24) is 0 Å². The van der Waals surface area contributed by atoms with Crippen molar-refractivity contribution in [2.45, 2.75) is 20.4 Å². The lowest BCUT2D eigenvalue weighted by atomic mass is 10.1. The monoisotopic (exact) mass is 210 g/mol. The van der Waals surface area contributed by atoms with Crippen LogP contribution < -0.4 is 9.64 Å². The van der Waals surface area contributed by atoms with Gasteiger partial charge in [0.25, 0.3) is 0 Å². The molecule has 0 aliphatic rings. The lowest BCUT2D eigenvalue weighted by Crippen LogP contribution is -3.10. The molecule has 1 aromatic rings. The fourth-order valence-corrected chi connectivity index (χ4v) is 1.60. The van der Waals surface area contributed by atoms with Gasteiger partial charge in [0.05, 0.1) is 25.8 Å². The lowest BCUT2D eigenvalue weighted by Gasteiger charge is -2.16. The number of methoxy groups -OCH3 is 1. The summed E-state index contributed by atoms with van der Waals surface area (Å²) in [5, 5.41) is 9.70. The predicted octanol–water partition coefficient (Wildman–Crippen LogP) is 0.825. The summed E-state index contributed by atoms with van der Waals surface area (Å²) in [6.07, 6.45) is 0. The van der Waals surface area contributed by atoms with Crippen LogP contribution in [-0.4, -0.2) is 25.3 Å². The Morgan fingerprint density at radius 3 is 2.47 bits per heavy atom. The lowest BCUT2D eigenvalue weighted by molar-refractivity contribution is -0.910. The Bertz CT molecular complexity index is 308. The Morgan fingerprint density at radius 1 is 1.27 bits per heavy atom. The van der Waals surface area contributed by atoms with Crippen LogP contribution in [0.4, 0.5) is 0 Å². The fraction of sp³-hybridized carbons (Fsp3) is 0.500. The minimum absolute atomic E-state index is 0.357. The molecule has 0 aromatic heterocycles. The second-order valence-corrected chi connectivity index (χ2v) is 3.63. The number of aromatic hydroxyl groups is 1. The first-order valence-electron chi connectivity index (χ1n) is 5.40. The Kier molecular flexibility index (Phi) is 4.43. The normalized spacial score (nSPS) is 10.7. The predicted molar refractivity (Wildman–Crippen MR) is 60.4 cm³/mol. The molecule has 0 spiro atoms. The summed E-state index contributed by atoms with van der Waals surface area (Å²) < 4.78 is 5.14. The van der Waals surface area contributed by atoms with Crippen LogP contribution in [0.2, 0.25) is 0 Å². The molecule has 1 rings (SSSR count). The van der Waals surface area contributed by atoms with Crippen molar-refractivity contribution >= 4 is 0 Å². The van der Waals surface area contributed by atoms with E-state index in [4.69, 9.17) is 4.74 Å². The number of phenolic OH excluding ortho intramolecular Hbond substituents is 1. The molecule has 1 aromatic carbocycles. The summed E-state index contributed by atoms with van der Waals surface area (Å²) in [4.78, 5) is 1.44. The second kappa shape index (κ2) is 5.61. The molecule has 0 unspecified atom stereocenters. The average Bonchev–Trinajstić information content (AvgIpc) is 2.28. The van der Waals surface area contributed by atoms with Crippen molar-refractivity contribution in [2.75, 3.05) is 20.2 Å². The van der Waals surface area contributed by atoms with Crippen molar-refractivity contribution in [2.24, 2.45) is 0 Å². The maximum Gasteiger partial charge on any atom is 0.124 e. The van der Waals surface area contributed by atoms with E-state index in [1.54, 1.807) is 19.2 Å². The molecule has 3 heteroatoms. The van der Waals surface area contributed by atoms with Crippen LogP contribution in [0.1, 0.15) is 19.4 Å². The van der Waals surface area contributed by atoms with Crippen LogP contribution in [-0.2, 0) is 6.54 Å². The Hall–Kier alpha value is -1.22. The minimum atomic E-state index is 0.357. The van der Waals surface area contributed by atoms with Crippen LogP contribution in [0.5, 0.6) is 11.5 Å². The Balaban J connectivity index is 2.82. The van der Waals surface area contributed by atoms with Crippen LogP contribution in [0.3, 0.4) is 0 Å². The van der Waals surface area contributed by atoms with E-state index in [-0.39, 0.29) is 0 Å². The molecule has 0 aliphatic heterocycles. The van der Waals surface area contributed by atoms with E-state index in [0.717, 1.165) is 30.9 Å². The minimum Gasteiger partial charge on any atom is -0.507 e. The summed E-state index contributed by atoms with van der Waals surface area (Å²) in [6.45, 7) is 7.27. The van der Waals surface area contributed by atoms with Crippen LogP contribution in [0, 0.1) is 0 Å². The molecule has 15 heavy (non-hydrogen) atoms. The molecule has 0 atom stereocenters. The average molecular weight is 210 g/mol. The van der Waals surface area contributed by atoms with Crippen LogP contribution >= 0.6 is 0 Å². The molecule has 0 aliphatic carbocycles. The number of phenols is 1. The smallest absolute Gasteiger partial charge is 0.124 e. The van der Waals surface area contributed by atoms with Gasteiger partial charge in [0, 0.05) is 0 Å². The van der Waals surface area contributed by atoms with E-state index in [0.29, 0.717) is 5.75 Å². The van der Waals surface area contributed by atoms with Gasteiger partial charge >= 0.3 is 0 Å². The van der Waals surface area contributed by atoms with Gasteiger partial charge in [-0.1, -0.05) is 0 Å². The van der Waals surface area contributed by atoms with E-state index in [2.05, 4.69) is 13.8 Å². The molecule has 0 bridgehead atoms. The largest absolute Gasteiger partial charge is 0.507 e. The van der Waals surface area contributed by atoms with Gasteiger partial charge in [-0.15, -0.1) is 0 Å². The Morgan fingerprint density at radius 2 is 1.93 bits per heavy atom. The molecule has 0 fully saturated rings. The number of hydrogen-bond acceptors (Lipinski definition) is 2. The van der Waals surface area contributed by atoms with Crippen molar-refractivity contribution in [3.8, 4) is 11.5 Å². The molecule has 3 nitrogen and oxygen atoms in total. The van der Waals surface area contributed by atoms with E-state index in [1.165, 1.54) is 4.90 Å². The van der Waals surface area contributed by atoms with E-state index < -0.39 is 0 Å². The summed E-state index contributed by atoms with van der Waals surface area (Å²) in [5.41, 5.74) is 0.952. The molecule has 0 amide bonds. The van der Waals surface area contributed by atoms with Gasteiger partial charge in [-0.05, 0) is 32.0 Å². The maximum absolute atomic E-state index is 9.70. The molecular weight excluding hydrogens is 190 g/mol. The highest BCUT2D eigenvalue weighted by Gasteiger charge is 2.09. The third-order valence-electron chi connectivity index (χ3n) is 2.73. The third-order valence-corrected chi connectivity index (χ3v) is 2.73. The van der Waals surface area contributed by atoms with Gasteiger partial charge in [-0.3, -0.25) is 0 Å². The number of benzene rings is 1. The fourth-order valence-electron chi connectivity index (χ4n) is 1.60. The van der Waals surface area contributed by atoms with E-state index in [1.807, 2.05) is 6.07 Å². The van der Waals surface area contributed by atoms with Crippen molar-refractivity contribution in [1.29, 1.82) is 0 Å². The number of ether oxygens (including phenoxy) is 1. The highest BCUT2D eigenvalue weighted by Crippen LogP contribution is 2.21. The van der Waals surface area contributed by atoms with Gasteiger partial charge in [-0.25, -0.2) is 0 Å². The maximum atomic E-state index is 9.70. The Labute approximate surface area is 91.3 Å². The standard InChI is InChI=1S/C12H19NO2/c1-4-13(5-2)9-10-8-11(15-3)6-7-12(10)14/h6-8,14H,4-5,9H2,1-3H3/p+1. The number of rotatable bonds is 5. The SMILES string of the molecule is CC[NH+](CC)Cc1cc(OC)ccc1O. The molecule has 0 radical (unpaired) electrons. The van der Waals surface area contributed by atoms with Gasteiger partial charge in [-0.2, -0.15) is 0 Å². The van der Waals surface area contributed by atoms with E-state index in [9.17, 15) is 5.11 Å². The van der Waals surface area contributed by atoms with Crippen molar-refractivity contribution in [3.63, 3.8) is 0 Å². The van der Waals surface area contributed by atoms with Gasteiger partial charge in [0.15, 0.2) is 0 Å². The summed E-state index contributed by atoms with van der Waals surface area (Å²) in [6, 6.07) is 5.37. The quantitative estimate of drug-likeness (QED) is 0.754. The second-order valence-electron chi connectivity index (χ2n) is 3.63.